The molecule has 0 N–H and O–H groups in total. The minimum atomic E-state index is -0.524. The third-order valence-corrected chi connectivity index (χ3v) is 6.72. The Morgan fingerprint density at radius 1 is 1.23 bits per heavy atom. The number of carbonyl (C=O) groups excluding carboxylic acids is 2. The number of fused-ring (bicyclic) bond motifs is 2. The van der Waals surface area contributed by atoms with E-state index in [1.165, 1.54) is 49.5 Å². The zero-order chi connectivity index (χ0) is 18.8. The van der Waals surface area contributed by atoms with Gasteiger partial charge in [0.15, 0.2) is 0 Å². The molecule has 0 aromatic heterocycles. The summed E-state index contributed by atoms with van der Waals surface area (Å²) in [6.07, 6.45) is -1.52. The summed E-state index contributed by atoms with van der Waals surface area (Å²) in [5, 5.41) is 10.6. The van der Waals surface area contributed by atoms with Crippen LogP contribution < -0.4 is 0 Å². The molecule has 2 aliphatic rings. The van der Waals surface area contributed by atoms with Crippen LogP contribution >= 0.6 is 23.5 Å². The molecule has 5 atom stereocenters. The van der Waals surface area contributed by atoms with Crippen LogP contribution in [0.25, 0.3) is 0 Å². The highest BCUT2D eigenvalue weighted by Gasteiger charge is 2.55. The van der Waals surface area contributed by atoms with Crippen molar-refractivity contribution in [2.45, 2.75) is 47.7 Å². The lowest BCUT2D eigenvalue weighted by Gasteiger charge is -2.32. The Morgan fingerprint density at radius 2 is 1.88 bits per heavy atom. The van der Waals surface area contributed by atoms with Crippen LogP contribution in [0.4, 0.5) is 5.69 Å². The van der Waals surface area contributed by atoms with Crippen LogP contribution in [0.15, 0.2) is 29.2 Å². The van der Waals surface area contributed by atoms with Crippen molar-refractivity contribution in [1.82, 2.24) is 0 Å². The Kier molecular flexibility index (Phi) is 5.73. The number of carbonyl (C=O) groups is 2. The smallest absolute Gasteiger partial charge is 0.303 e. The maximum Gasteiger partial charge on any atom is 0.303 e. The van der Waals surface area contributed by atoms with Gasteiger partial charge in [0.25, 0.3) is 5.69 Å². The predicted molar refractivity (Wildman–Crippen MR) is 95.0 cm³/mol. The molecule has 0 saturated carbocycles. The van der Waals surface area contributed by atoms with Gasteiger partial charge < -0.3 is 14.2 Å². The molecule has 0 aliphatic carbocycles. The van der Waals surface area contributed by atoms with Gasteiger partial charge in [0, 0.05) is 36.6 Å². The number of nitro benzene ring substituents is 1. The largest absolute Gasteiger partial charge is 0.459 e. The minimum Gasteiger partial charge on any atom is -0.459 e. The highest BCUT2D eigenvalue weighted by Crippen LogP contribution is 2.46. The molecule has 140 valence electrons. The maximum atomic E-state index is 11.5. The Morgan fingerprint density at radius 3 is 2.46 bits per heavy atom. The Bertz CT molecular complexity index is 711. The molecule has 1 aromatic carbocycles. The second-order valence-electron chi connectivity index (χ2n) is 5.86. The fourth-order valence-electron chi connectivity index (χ4n) is 2.94. The van der Waals surface area contributed by atoms with E-state index in [0.29, 0.717) is 5.75 Å². The third-order valence-electron chi connectivity index (χ3n) is 3.95. The van der Waals surface area contributed by atoms with Crippen molar-refractivity contribution in [2.75, 3.05) is 5.75 Å². The van der Waals surface area contributed by atoms with E-state index in [2.05, 4.69) is 0 Å². The van der Waals surface area contributed by atoms with Crippen LogP contribution in [-0.2, 0) is 23.8 Å². The van der Waals surface area contributed by atoms with E-state index in [9.17, 15) is 19.7 Å². The number of esters is 2. The summed E-state index contributed by atoms with van der Waals surface area (Å²) in [5.41, 5.74) is -0.307. The third kappa shape index (κ3) is 4.13. The van der Waals surface area contributed by atoms with Gasteiger partial charge in [0.05, 0.1) is 10.2 Å². The summed E-state index contributed by atoms with van der Waals surface area (Å²) in [6, 6.07) is 6.18. The number of benzene rings is 1. The van der Waals surface area contributed by atoms with E-state index in [4.69, 9.17) is 14.2 Å². The first-order valence-electron chi connectivity index (χ1n) is 7.88. The van der Waals surface area contributed by atoms with E-state index >= 15 is 0 Å². The summed E-state index contributed by atoms with van der Waals surface area (Å²) >= 11 is 2.93. The standard InChI is InChI=1S/C16H17NO7S2/c1-8(18)22-12-7-25-15-14(23-9(2)19)13(12)24-16(15)26-11-5-3-10(4-6-11)17(20)21/h3-6,12-16H,7H2,1-2H3/t12-,13-,14-,15+,16-/m1/s1. The fraction of sp³-hybridized carbons (Fsp3) is 0.500. The molecule has 2 fully saturated rings. The molecular weight excluding hydrogens is 382 g/mol. The topological polar surface area (TPSA) is 105 Å². The van der Waals surface area contributed by atoms with E-state index in [0.717, 1.165) is 4.90 Å². The number of rotatable bonds is 5. The minimum absolute atomic E-state index is 0.0162. The van der Waals surface area contributed by atoms with Crippen molar-refractivity contribution in [3.8, 4) is 0 Å². The number of hydrogen-bond acceptors (Lipinski definition) is 9. The van der Waals surface area contributed by atoms with Gasteiger partial charge in [-0.05, 0) is 12.1 Å². The first-order chi connectivity index (χ1) is 12.3. The number of nitrogens with zero attached hydrogens (tertiary/aromatic N) is 1. The van der Waals surface area contributed by atoms with Crippen LogP contribution in [0.2, 0.25) is 0 Å². The highest BCUT2D eigenvalue weighted by molar-refractivity contribution is 8.03. The number of thioether (sulfide) groups is 2. The molecule has 2 saturated heterocycles. The number of hydrogen-bond donors (Lipinski definition) is 0. The van der Waals surface area contributed by atoms with Crippen molar-refractivity contribution < 1.29 is 28.7 Å². The van der Waals surface area contributed by atoms with Crippen LogP contribution in [0.1, 0.15) is 13.8 Å². The van der Waals surface area contributed by atoms with Gasteiger partial charge in [-0.25, -0.2) is 0 Å². The second-order valence-corrected chi connectivity index (χ2v) is 8.24. The summed E-state index contributed by atoms with van der Waals surface area (Å²) in [5.74, 6) is -0.270. The molecule has 1 aromatic rings. The van der Waals surface area contributed by atoms with Gasteiger partial charge in [0.2, 0.25) is 0 Å². The van der Waals surface area contributed by atoms with Crippen molar-refractivity contribution in [3.63, 3.8) is 0 Å². The Balaban J connectivity index is 1.75. The fourth-order valence-corrected chi connectivity index (χ4v) is 5.67. The van der Waals surface area contributed by atoms with Crippen LogP contribution in [0.3, 0.4) is 0 Å². The average molecular weight is 399 g/mol. The molecule has 2 bridgehead atoms. The number of nitro groups is 1. The number of non-ortho nitro benzene ring substituents is 1. The molecule has 0 unspecified atom stereocenters. The lowest BCUT2D eigenvalue weighted by molar-refractivity contribution is -0.384. The van der Waals surface area contributed by atoms with Gasteiger partial charge in [-0.15, -0.1) is 11.8 Å². The summed E-state index contributed by atoms with van der Waals surface area (Å²) in [4.78, 5) is 33.9. The molecule has 3 rings (SSSR count). The normalized spacial score (nSPS) is 29.8. The first-order valence-corrected chi connectivity index (χ1v) is 9.80. The van der Waals surface area contributed by atoms with Crippen LogP contribution in [0.5, 0.6) is 0 Å². The van der Waals surface area contributed by atoms with Crippen molar-refractivity contribution in [1.29, 1.82) is 0 Å². The maximum absolute atomic E-state index is 11.5. The summed E-state index contributed by atoms with van der Waals surface area (Å²) in [7, 11) is 0. The van der Waals surface area contributed by atoms with E-state index in [1.807, 2.05) is 0 Å². The zero-order valence-electron chi connectivity index (χ0n) is 14.0. The van der Waals surface area contributed by atoms with Crippen LogP contribution in [-0.4, -0.2) is 51.6 Å². The van der Waals surface area contributed by atoms with Gasteiger partial charge in [-0.3, -0.25) is 19.7 Å². The van der Waals surface area contributed by atoms with Crippen molar-refractivity contribution in [2.24, 2.45) is 0 Å². The monoisotopic (exact) mass is 399 g/mol. The van der Waals surface area contributed by atoms with Crippen molar-refractivity contribution in [3.05, 3.63) is 34.4 Å². The lowest BCUT2D eigenvalue weighted by Crippen LogP contribution is -2.47. The molecule has 10 heteroatoms. The molecule has 2 aliphatic heterocycles. The Hall–Kier alpha value is -1.78. The van der Waals surface area contributed by atoms with Crippen LogP contribution in [0, 0.1) is 10.1 Å². The summed E-state index contributed by atoms with van der Waals surface area (Å²) < 4.78 is 16.8. The van der Waals surface area contributed by atoms with Gasteiger partial charge in [-0.1, -0.05) is 11.8 Å². The molecule has 8 nitrogen and oxygen atoms in total. The van der Waals surface area contributed by atoms with Gasteiger partial charge >= 0.3 is 11.9 Å². The van der Waals surface area contributed by atoms with Crippen molar-refractivity contribution >= 4 is 41.1 Å². The van der Waals surface area contributed by atoms with Gasteiger partial charge in [-0.2, -0.15) is 0 Å². The molecule has 26 heavy (non-hydrogen) atoms. The average Bonchev–Trinajstić information content (AvgIpc) is 2.77. The van der Waals surface area contributed by atoms with E-state index < -0.39 is 35.2 Å². The number of ether oxygens (including phenoxy) is 3. The molecular formula is C16H17NO7S2. The quantitative estimate of drug-likeness (QED) is 0.419. The van der Waals surface area contributed by atoms with E-state index in [1.54, 1.807) is 12.1 Å². The highest BCUT2D eigenvalue weighted by atomic mass is 32.2. The lowest BCUT2D eigenvalue weighted by atomic mass is 10.1. The van der Waals surface area contributed by atoms with E-state index in [-0.39, 0.29) is 16.4 Å². The van der Waals surface area contributed by atoms with Gasteiger partial charge in [0.1, 0.15) is 23.7 Å². The first kappa shape index (κ1) is 19.0. The second kappa shape index (κ2) is 7.85. The summed E-state index contributed by atoms with van der Waals surface area (Å²) in [6.45, 7) is 2.66. The molecule has 0 radical (unpaired) electrons. The molecule has 0 spiro atoms. The zero-order valence-corrected chi connectivity index (χ0v) is 15.7. The predicted octanol–water partition coefficient (Wildman–Crippen LogP) is 2.39. The molecule has 0 amide bonds. The Labute approximate surface area is 158 Å². The molecule has 2 heterocycles. The SMILES string of the molecule is CC(=O)O[C@@H]1[C@@H]2O[C@H](Sc3ccc([N+](=O)[O-])cc3)[C@H]1SC[C@H]2OC(C)=O.